The van der Waals surface area contributed by atoms with Crippen molar-refractivity contribution >= 4 is 5.91 Å². The van der Waals surface area contributed by atoms with Gasteiger partial charge in [0, 0.05) is 23.9 Å². The van der Waals surface area contributed by atoms with E-state index >= 15 is 0 Å². The SMILES string of the molecule is CC1/C=C/COc2c(F)cccc2CN2CN1C(=O)c1c(O)c(=O)ccn12.c1ccccc1. The number of aromatic hydroxyl groups is 1. The number of carbonyl (C=O) groups excluding carboxylic acids is 1. The Kier molecular flexibility index (Phi) is 6.44. The lowest BCUT2D eigenvalue weighted by Gasteiger charge is -2.41. The Bertz CT molecular complexity index is 1200. The molecule has 0 saturated heterocycles. The van der Waals surface area contributed by atoms with Crippen LogP contribution in [-0.2, 0) is 6.54 Å². The van der Waals surface area contributed by atoms with Gasteiger partial charge in [0.05, 0.1) is 6.54 Å². The molecule has 0 fully saturated rings. The maximum Gasteiger partial charge on any atom is 0.278 e. The summed E-state index contributed by atoms with van der Waals surface area (Å²) in [4.78, 5) is 26.3. The van der Waals surface area contributed by atoms with Gasteiger partial charge in [-0.2, -0.15) is 0 Å². The van der Waals surface area contributed by atoms with Crippen LogP contribution >= 0.6 is 0 Å². The molecule has 8 heteroatoms. The Morgan fingerprint density at radius 2 is 1.73 bits per heavy atom. The van der Waals surface area contributed by atoms with Crippen LogP contribution in [0.4, 0.5) is 4.39 Å². The molecular weight excluding hydrogens is 425 g/mol. The van der Waals surface area contributed by atoms with E-state index < -0.39 is 22.9 Å². The average molecular weight is 449 g/mol. The molecule has 1 unspecified atom stereocenters. The first-order chi connectivity index (χ1) is 16.0. The number of aromatic nitrogens is 1. The van der Waals surface area contributed by atoms with Gasteiger partial charge in [0.25, 0.3) is 5.91 Å². The standard InChI is InChI=1S/C19H18FN3O4.C6H6/c1-12-4-3-9-27-18-13(5-2-6-14(18)20)10-21-11-22(12)19(26)16-17(25)15(24)7-8-23(16)21;1-2-4-6-5-3-1/h2-8,12,25H,9-11H2,1H3;1-6H/b4-3+;. The van der Waals surface area contributed by atoms with E-state index in [-0.39, 0.29) is 37.3 Å². The van der Waals surface area contributed by atoms with Crippen molar-refractivity contribution in [2.24, 2.45) is 0 Å². The van der Waals surface area contributed by atoms with E-state index in [0.29, 0.717) is 5.56 Å². The van der Waals surface area contributed by atoms with Gasteiger partial charge in [-0.1, -0.05) is 54.6 Å². The molecule has 0 spiro atoms. The minimum Gasteiger partial charge on any atom is -0.502 e. The summed E-state index contributed by atoms with van der Waals surface area (Å²) in [7, 11) is 0. The predicted molar refractivity (Wildman–Crippen MR) is 122 cm³/mol. The highest BCUT2D eigenvalue weighted by molar-refractivity contribution is 5.96. The number of pyridine rings is 1. The monoisotopic (exact) mass is 449 g/mol. The molecule has 1 aromatic heterocycles. The Morgan fingerprint density at radius 3 is 2.42 bits per heavy atom. The van der Waals surface area contributed by atoms with Crippen LogP contribution < -0.4 is 15.2 Å². The van der Waals surface area contributed by atoms with Gasteiger partial charge in [-0.25, -0.2) is 4.39 Å². The van der Waals surface area contributed by atoms with Gasteiger partial charge in [-0.3, -0.25) is 19.3 Å². The zero-order valence-corrected chi connectivity index (χ0v) is 18.1. The summed E-state index contributed by atoms with van der Waals surface area (Å²) < 4.78 is 21.3. The highest BCUT2D eigenvalue weighted by Gasteiger charge is 2.34. The number of benzene rings is 2. The lowest BCUT2D eigenvalue weighted by atomic mass is 10.1. The van der Waals surface area contributed by atoms with Crippen molar-refractivity contribution < 1.29 is 19.0 Å². The third-order valence-electron chi connectivity index (χ3n) is 5.44. The number of rotatable bonds is 0. The fourth-order valence-corrected chi connectivity index (χ4v) is 3.75. The summed E-state index contributed by atoms with van der Waals surface area (Å²) in [5.41, 5.74) is -0.137. The number of ether oxygens (including phenoxy) is 1. The van der Waals surface area contributed by atoms with Gasteiger partial charge in [0.1, 0.15) is 13.3 Å². The van der Waals surface area contributed by atoms with Gasteiger partial charge in [-0.15, -0.1) is 0 Å². The molecule has 0 saturated carbocycles. The molecule has 170 valence electrons. The van der Waals surface area contributed by atoms with Crippen LogP contribution in [0, 0.1) is 5.82 Å². The second kappa shape index (κ2) is 9.60. The number of amides is 1. The van der Waals surface area contributed by atoms with Crippen LogP contribution in [0.15, 0.2) is 83.8 Å². The molecule has 0 aliphatic carbocycles. The number of para-hydroxylation sites is 1. The molecule has 2 aliphatic rings. The van der Waals surface area contributed by atoms with E-state index in [0.717, 1.165) is 0 Å². The summed E-state index contributed by atoms with van der Waals surface area (Å²) in [5, 5.41) is 12.0. The van der Waals surface area contributed by atoms with Crippen LogP contribution in [0.1, 0.15) is 23.0 Å². The number of nitrogens with zero attached hydrogens (tertiary/aromatic N) is 3. The molecule has 1 amide bonds. The fourth-order valence-electron chi connectivity index (χ4n) is 3.75. The first kappa shape index (κ1) is 22.1. The van der Waals surface area contributed by atoms with E-state index in [4.69, 9.17) is 4.74 Å². The van der Waals surface area contributed by atoms with Crippen molar-refractivity contribution in [2.75, 3.05) is 18.3 Å². The Balaban J connectivity index is 0.000000376. The first-order valence-corrected chi connectivity index (χ1v) is 10.5. The van der Waals surface area contributed by atoms with Gasteiger partial charge in [-0.05, 0) is 19.1 Å². The molecule has 5 rings (SSSR count). The zero-order valence-electron chi connectivity index (χ0n) is 18.1. The van der Waals surface area contributed by atoms with Gasteiger partial charge >= 0.3 is 0 Å². The Morgan fingerprint density at radius 1 is 1.03 bits per heavy atom. The van der Waals surface area contributed by atoms with Gasteiger partial charge < -0.3 is 14.7 Å². The summed E-state index contributed by atoms with van der Waals surface area (Å²) >= 11 is 0. The minimum absolute atomic E-state index is 0.105. The smallest absolute Gasteiger partial charge is 0.278 e. The van der Waals surface area contributed by atoms with Gasteiger partial charge in [0.15, 0.2) is 23.0 Å². The van der Waals surface area contributed by atoms with E-state index in [1.165, 1.54) is 27.9 Å². The van der Waals surface area contributed by atoms with E-state index in [1.54, 1.807) is 29.3 Å². The van der Waals surface area contributed by atoms with Crippen LogP contribution in [0.2, 0.25) is 0 Å². The molecule has 2 aliphatic heterocycles. The van der Waals surface area contributed by atoms with Crippen LogP contribution in [0.3, 0.4) is 0 Å². The van der Waals surface area contributed by atoms with Crippen LogP contribution in [0.5, 0.6) is 11.5 Å². The Hall–Kier alpha value is -4.07. The third-order valence-corrected chi connectivity index (χ3v) is 5.44. The summed E-state index contributed by atoms with van der Waals surface area (Å²) in [6.45, 7) is 2.41. The molecule has 1 atom stereocenters. The molecule has 0 radical (unpaired) electrons. The quantitative estimate of drug-likeness (QED) is 0.534. The maximum absolute atomic E-state index is 14.3. The summed E-state index contributed by atoms with van der Waals surface area (Å²) in [6, 6.07) is 17.5. The molecule has 3 heterocycles. The normalized spacial score (nSPS) is 18.0. The lowest BCUT2D eigenvalue weighted by Crippen LogP contribution is -2.55. The maximum atomic E-state index is 14.3. The van der Waals surface area contributed by atoms with Crippen molar-refractivity contribution in [2.45, 2.75) is 19.5 Å². The van der Waals surface area contributed by atoms with Crippen LogP contribution in [-0.4, -0.2) is 39.9 Å². The predicted octanol–water partition coefficient (Wildman–Crippen LogP) is 3.27. The molecule has 1 N–H and O–H groups in total. The third kappa shape index (κ3) is 4.59. The molecule has 33 heavy (non-hydrogen) atoms. The molecule has 2 bridgehead atoms. The second-order valence-electron chi connectivity index (χ2n) is 7.67. The average Bonchev–Trinajstić information content (AvgIpc) is 2.85. The van der Waals surface area contributed by atoms with Crippen molar-refractivity contribution in [3.8, 4) is 11.5 Å². The number of hydrogen-bond donors (Lipinski definition) is 1. The Labute approximate surface area is 190 Å². The number of halogens is 1. The largest absolute Gasteiger partial charge is 0.502 e. The van der Waals surface area contributed by atoms with E-state index in [1.807, 2.05) is 43.3 Å². The zero-order chi connectivity index (χ0) is 23.4. The number of fused-ring (bicyclic) bond motifs is 5. The molecule has 3 aromatic rings. The molecule has 2 aromatic carbocycles. The highest BCUT2D eigenvalue weighted by atomic mass is 19.1. The molecule has 7 nitrogen and oxygen atoms in total. The van der Waals surface area contributed by atoms with Crippen LogP contribution in [0.25, 0.3) is 0 Å². The van der Waals surface area contributed by atoms with E-state index in [2.05, 4.69) is 0 Å². The highest BCUT2D eigenvalue weighted by Crippen LogP contribution is 2.28. The minimum atomic E-state index is -0.626. The topological polar surface area (TPSA) is 75.0 Å². The lowest BCUT2D eigenvalue weighted by molar-refractivity contribution is 0.0649. The summed E-state index contributed by atoms with van der Waals surface area (Å²) in [5.74, 6) is -1.37. The first-order valence-electron chi connectivity index (χ1n) is 10.5. The van der Waals surface area contributed by atoms with Crippen molar-refractivity contribution in [3.05, 3.63) is 106 Å². The second-order valence-corrected chi connectivity index (χ2v) is 7.67. The number of carbonyl (C=O) groups is 1. The van der Waals surface area contributed by atoms with Gasteiger partial charge in [0.2, 0.25) is 5.43 Å². The molecular formula is C25H24FN3O4. The van der Waals surface area contributed by atoms with Crippen molar-refractivity contribution in [1.82, 2.24) is 9.58 Å². The number of hydrogen-bond acceptors (Lipinski definition) is 5. The summed E-state index contributed by atoms with van der Waals surface area (Å²) in [6.07, 6.45) is 4.93. The van der Waals surface area contributed by atoms with Crippen molar-refractivity contribution in [1.29, 1.82) is 0 Å². The fraction of sp³-hybridized carbons (Fsp3) is 0.200. The van der Waals surface area contributed by atoms with Crippen molar-refractivity contribution in [3.63, 3.8) is 0 Å². The van der Waals surface area contributed by atoms with E-state index in [9.17, 15) is 19.1 Å².